The summed E-state index contributed by atoms with van der Waals surface area (Å²) in [5.74, 6) is -0.933. The van der Waals surface area contributed by atoms with Crippen molar-refractivity contribution in [1.29, 1.82) is 0 Å². The SMILES string of the molecule is CC(Sc1nc(N)cc(N)n1)C(=O)Nc1cccc(C(=O)O)c1. The molecule has 0 radical (unpaired) electrons. The predicted molar refractivity (Wildman–Crippen MR) is 88.2 cm³/mol. The lowest BCUT2D eigenvalue weighted by atomic mass is 10.2. The van der Waals surface area contributed by atoms with Crippen molar-refractivity contribution in [3.63, 3.8) is 0 Å². The number of carboxylic acids is 1. The number of nitrogens with two attached hydrogens (primary N) is 2. The summed E-state index contributed by atoms with van der Waals surface area (Å²) in [5.41, 5.74) is 11.6. The van der Waals surface area contributed by atoms with Crippen molar-refractivity contribution in [3.05, 3.63) is 35.9 Å². The van der Waals surface area contributed by atoms with Crippen LogP contribution in [0.5, 0.6) is 0 Å². The number of anilines is 3. The van der Waals surface area contributed by atoms with Crippen molar-refractivity contribution in [3.8, 4) is 0 Å². The number of amides is 1. The Kier molecular flexibility index (Phi) is 5.02. The number of benzene rings is 1. The van der Waals surface area contributed by atoms with E-state index in [9.17, 15) is 9.59 Å². The number of thioether (sulfide) groups is 1. The molecular formula is C14H15N5O3S. The zero-order chi connectivity index (χ0) is 17.0. The van der Waals surface area contributed by atoms with Gasteiger partial charge in [0.25, 0.3) is 0 Å². The number of carbonyl (C=O) groups excluding carboxylic acids is 1. The molecule has 0 aliphatic rings. The standard InChI is InChI=1S/C14H15N5O3S/c1-7(23-14-18-10(15)6-11(16)19-14)12(20)17-9-4-2-3-8(5-9)13(21)22/h2-7H,1H3,(H,17,20)(H,21,22)(H4,15,16,18,19). The van der Waals surface area contributed by atoms with E-state index in [0.717, 1.165) is 11.8 Å². The average molecular weight is 333 g/mol. The van der Waals surface area contributed by atoms with Gasteiger partial charge in [0.05, 0.1) is 10.8 Å². The van der Waals surface area contributed by atoms with E-state index >= 15 is 0 Å². The highest BCUT2D eigenvalue weighted by Gasteiger charge is 2.17. The van der Waals surface area contributed by atoms with E-state index in [4.69, 9.17) is 16.6 Å². The maximum absolute atomic E-state index is 12.2. The molecule has 0 fully saturated rings. The Bertz CT molecular complexity index is 733. The number of rotatable bonds is 5. The number of nitrogens with zero attached hydrogens (tertiary/aromatic N) is 2. The van der Waals surface area contributed by atoms with Crippen molar-refractivity contribution in [2.75, 3.05) is 16.8 Å². The molecule has 9 heteroatoms. The van der Waals surface area contributed by atoms with Gasteiger partial charge in [-0.1, -0.05) is 17.8 Å². The number of carbonyl (C=O) groups is 2. The molecular weight excluding hydrogens is 318 g/mol. The molecule has 120 valence electrons. The van der Waals surface area contributed by atoms with E-state index in [1.165, 1.54) is 18.2 Å². The third-order valence-corrected chi connectivity index (χ3v) is 3.73. The molecule has 0 aliphatic heterocycles. The van der Waals surface area contributed by atoms with Crippen LogP contribution in [0.2, 0.25) is 0 Å². The number of nitrogen functional groups attached to an aromatic ring is 2. The van der Waals surface area contributed by atoms with Crippen LogP contribution in [0.1, 0.15) is 17.3 Å². The Balaban J connectivity index is 2.05. The number of aromatic carboxylic acids is 1. The van der Waals surface area contributed by atoms with Gasteiger partial charge in [-0.2, -0.15) is 0 Å². The van der Waals surface area contributed by atoms with Gasteiger partial charge in [0.1, 0.15) is 11.6 Å². The van der Waals surface area contributed by atoms with Crippen LogP contribution in [0, 0.1) is 0 Å². The largest absolute Gasteiger partial charge is 0.478 e. The summed E-state index contributed by atoms with van der Waals surface area (Å²) in [7, 11) is 0. The third kappa shape index (κ3) is 4.58. The van der Waals surface area contributed by atoms with Crippen LogP contribution in [0.3, 0.4) is 0 Å². The molecule has 0 saturated heterocycles. The maximum atomic E-state index is 12.2. The van der Waals surface area contributed by atoms with E-state index in [2.05, 4.69) is 15.3 Å². The first-order valence-corrected chi connectivity index (χ1v) is 7.44. The fraction of sp³-hybridized carbons (Fsp3) is 0.143. The Hall–Kier alpha value is -2.81. The fourth-order valence-corrected chi connectivity index (χ4v) is 2.50. The first-order valence-electron chi connectivity index (χ1n) is 6.56. The van der Waals surface area contributed by atoms with E-state index in [1.807, 2.05) is 0 Å². The maximum Gasteiger partial charge on any atom is 0.335 e. The highest BCUT2D eigenvalue weighted by atomic mass is 32.2. The lowest BCUT2D eigenvalue weighted by molar-refractivity contribution is -0.115. The van der Waals surface area contributed by atoms with Gasteiger partial charge in [-0.15, -0.1) is 0 Å². The average Bonchev–Trinajstić information content (AvgIpc) is 2.46. The molecule has 1 atom stereocenters. The van der Waals surface area contributed by atoms with Crippen molar-refractivity contribution in [1.82, 2.24) is 9.97 Å². The minimum absolute atomic E-state index is 0.0926. The Morgan fingerprint density at radius 1 is 1.22 bits per heavy atom. The molecule has 2 aromatic rings. The fourth-order valence-electron chi connectivity index (χ4n) is 1.70. The summed E-state index contributed by atoms with van der Waals surface area (Å²) in [5, 5.41) is 11.4. The molecule has 1 heterocycles. The quantitative estimate of drug-likeness (QED) is 0.475. The Morgan fingerprint density at radius 2 is 1.87 bits per heavy atom. The number of hydrogen-bond donors (Lipinski definition) is 4. The molecule has 2 rings (SSSR count). The molecule has 1 aromatic heterocycles. The topological polar surface area (TPSA) is 144 Å². The van der Waals surface area contributed by atoms with Crippen molar-refractivity contribution >= 4 is 41.0 Å². The van der Waals surface area contributed by atoms with Gasteiger partial charge in [0.15, 0.2) is 5.16 Å². The Morgan fingerprint density at radius 3 is 2.48 bits per heavy atom. The minimum Gasteiger partial charge on any atom is -0.478 e. The van der Waals surface area contributed by atoms with Gasteiger partial charge in [0, 0.05) is 11.8 Å². The van der Waals surface area contributed by atoms with Gasteiger partial charge >= 0.3 is 5.97 Å². The van der Waals surface area contributed by atoms with E-state index in [-0.39, 0.29) is 23.1 Å². The second-order valence-electron chi connectivity index (χ2n) is 4.64. The third-order valence-electron chi connectivity index (χ3n) is 2.77. The highest BCUT2D eigenvalue weighted by molar-refractivity contribution is 8.00. The lowest BCUT2D eigenvalue weighted by Crippen LogP contribution is -2.23. The molecule has 1 aromatic carbocycles. The summed E-state index contributed by atoms with van der Waals surface area (Å²) in [4.78, 5) is 31.1. The smallest absolute Gasteiger partial charge is 0.335 e. The molecule has 23 heavy (non-hydrogen) atoms. The lowest BCUT2D eigenvalue weighted by Gasteiger charge is -2.12. The highest BCUT2D eigenvalue weighted by Crippen LogP contribution is 2.22. The van der Waals surface area contributed by atoms with Crippen LogP contribution >= 0.6 is 11.8 Å². The predicted octanol–water partition coefficient (Wildman–Crippen LogP) is 1.46. The van der Waals surface area contributed by atoms with Gasteiger partial charge in [-0.05, 0) is 25.1 Å². The zero-order valence-electron chi connectivity index (χ0n) is 12.2. The number of nitrogens with one attached hydrogen (secondary N) is 1. The monoisotopic (exact) mass is 333 g/mol. The first-order chi connectivity index (χ1) is 10.8. The number of carboxylic acid groups (broad SMARTS) is 1. The summed E-state index contributed by atoms with van der Waals surface area (Å²) in [6, 6.07) is 7.41. The van der Waals surface area contributed by atoms with Crippen LogP contribution in [0.15, 0.2) is 35.5 Å². The second kappa shape index (κ2) is 6.97. The first kappa shape index (κ1) is 16.6. The molecule has 0 saturated carbocycles. The summed E-state index contributed by atoms with van der Waals surface area (Å²) in [6.45, 7) is 1.67. The molecule has 1 unspecified atom stereocenters. The minimum atomic E-state index is -1.06. The summed E-state index contributed by atoms with van der Waals surface area (Å²) < 4.78 is 0. The van der Waals surface area contributed by atoms with Gasteiger partial charge in [-0.25, -0.2) is 14.8 Å². The van der Waals surface area contributed by atoms with Crippen molar-refractivity contribution in [2.24, 2.45) is 0 Å². The van der Waals surface area contributed by atoms with Crippen LogP contribution < -0.4 is 16.8 Å². The number of aromatic nitrogens is 2. The van der Waals surface area contributed by atoms with Crippen molar-refractivity contribution < 1.29 is 14.7 Å². The molecule has 0 spiro atoms. The van der Waals surface area contributed by atoms with Gasteiger partial charge in [0.2, 0.25) is 5.91 Å². The molecule has 0 bridgehead atoms. The second-order valence-corrected chi connectivity index (χ2v) is 5.94. The Labute approximate surface area is 136 Å². The van der Waals surface area contributed by atoms with E-state index in [1.54, 1.807) is 19.1 Å². The van der Waals surface area contributed by atoms with Crippen LogP contribution in [0.25, 0.3) is 0 Å². The van der Waals surface area contributed by atoms with Crippen LogP contribution in [-0.4, -0.2) is 32.2 Å². The van der Waals surface area contributed by atoms with Gasteiger partial charge < -0.3 is 21.9 Å². The van der Waals surface area contributed by atoms with Gasteiger partial charge in [-0.3, -0.25) is 4.79 Å². The zero-order valence-corrected chi connectivity index (χ0v) is 13.0. The van der Waals surface area contributed by atoms with Crippen LogP contribution in [-0.2, 0) is 4.79 Å². The summed E-state index contributed by atoms with van der Waals surface area (Å²) in [6.07, 6.45) is 0. The molecule has 6 N–H and O–H groups in total. The van der Waals surface area contributed by atoms with E-state index in [0.29, 0.717) is 10.8 Å². The number of hydrogen-bond acceptors (Lipinski definition) is 7. The molecule has 1 amide bonds. The van der Waals surface area contributed by atoms with Crippen molar-refractivity contribution in [2.45, 2.75) is 17.3 Å². The van der Waals surface area contributed by atoms with Crippen LogP contribution in [0.4, 0.5) is 17.3 Å². The summed E-state index contributed by atoms with van der Waals surface area (Å²) >= 11 is 1.10. The normalized spacial score (nSPS) is 11.7. The van der Waals surface area contributed by atoms with E-state index < -0.39 is 11.2 Å². The molecule has 0 aliphatic carbocycles. The molecule has 8 nitrogen and oxygen atoms in total.